The number of thioether (sulfide) groups is 1. The maximum Gasteiger partial charge on any atom is 0.322 e. The van der Waals surface area contributed by atoms with Gasteiger partial charge in [-0.25, -0.2) is 0 Å². The van der Waals surface area contributed by atoms with Gasteiger partial charge < -0.3 is 10.1 Å². The molecule has 0 aliphatic carbocycles. The molecule has 0 aliphatic heterocycles. The molecule has 96 valence electrons. The molecule has 0 radical (unpaired) electrons. The summed E-state index contributed by atoms with van der Waals surface area (Å²) in [5.41, 5.74) is 0. The van der Waals surface area contributed by atoms with Crippen molar-refractivity contribution in [2.45, 2.75) is 44.5 Å². The maximum absolute atomic E-state index is 5.33. The first-order chi connectivity index (χ1) is 8.15. The van der Waals surface area contributed by atoms with E-state index in [2.05, 4.69) is 41.0 Å². The first-order valence-electron chi connectivity index (χ1n) is 5.95. The van der Waals surface area contributed by atoms with Crippen molar-refractivity contribution in [3.8, 4) is 6.01 Å². The molecule has 5 nitrogen and oxygen atoms in total. The zero-order valence-electron chi connectivity index (χ0n) is 10.9. The van der Waals surface area contributed by atoms with Crippen molar-refractivity contribution >= 4 is 17.7 Å². The van der Waals surface area contributed by atoms with Crippen LogP contribution >= 0.6 is 11.8 Å². The van der Waals surface area contributed by atoms with E-state index in [-0.39, 0.29) is 0 Å². The van der Waals surface area contributed by atoms with E-state index in [1.807, 2.05) is 6.92 Å². The highest BCUT2D eigenvalue weighted by molar-refractivity contribution is 7.99. The summed E-state index contributed by atoms with van der Waals surface area (Å²) in [7, 11) is 0. The smallest absolute Gasteiger partial charge is 0.322 e. The summed E-state index contributed by atoms with van der Waals surface area (Å²) < 4.78 is 5.33. The fourth-order valence-corrected chi connectivity index (χ4v) is 1.80. The van der Waals surface area contributed by atoms with Crippen LogP contribution in [0, 0.1) is 0 Å². The van der Waals surface area contributed by atoms with Crippen molar-refractivity contribution in [1.82, 2.24) is 15.0 Å². The number of ether oxygens (including phenoxy) is 1. The first-order valence-corrected chi connectivity index (χ1v) is 6.83. The Morgan fingerprint density at radius 2 is 2.00 bits per heavy atom. The lowest BCUT2D eigenvalue weighted by atomic mass is 10.5. The van der Waals surface area contributed by atoms with Crippen molar-refractivity contribution in [3.05, 3.63) is 0 Å². The van der Waals surface area contributed by atoms with Crippen LogP contribution in [0.3, 0.4) is 0 Å². The molecular weight excluding hydrogens is 236 g/mol. The molecule has 17 heavy (non-hydrogen) atoms. The molecule has 0 bridgehead atoms. The number of nitrogens with zero attached hydrogens (tertiary/aromatic N) is 3. The lowest BCUT2D eigenvalue weighted by Gasteiger charge is -2.09. The molecule has 1 rings (SSSR count). The van der Waals surface area contributed by atoms with Crippen molar-refractivity contribution in [2.24, 2.45) is 0 Å². The molecule has 6 heteroatoms. The van der Waals surface area contributed by atoms with Crippen LogP contribution in [0.1, 0.15) is 34.1 Å². The molecule has 0 aliphatic rings. The van der Waals surface area contributed by atoms with Crippen LogP contribution in [0.4, 0.5) is 5.95 Å². The quantitative estimate of drug-likeness (QED) is 0.757. The minimum atomic E-state index is 0.393. The summed E-state index contributed by atoms with van der Waals surface area (Å²) in [6, 6.07) is 0.393. The molecule has 0 amide bonds. The highest BCUT2D eigenvalue weighted by atomic mass is 32.2. The third-order valence-corrected chi connectivity index (χ3v) is 2.61. The SMILES string of the molecule is CCCNc1nc(OCC)nc(SC(C)C)n1. The second-order valence-electron chi connectivity index (χ2n) is 3.75. The van der Waals surface area contributed by atoms with Gasteiger partial charge >= 0.3 is 6.01 Å². The molecule has 0 saturated heterocycles. The Bertz CT molecular complexity index is 346. The third-order valence-electron chi connectivity index (χ3n) is 1.74. The van der Waals surface area contributed by atoms with Crippen LogP contribution in [0.2, 0.25) is 0 Å². The van der Waals surface area contributed by atoms with Gasteiger partial charge in [-0.1, -0.05) is 32.5 Å². The van der Waals surface area contributed by atoms with Gasteiger partial charge in [0.1, 0.15) is 0 Å². The van der Waals surface area contributed by atoms with E-state index in [0.717, 1.165) is 13.0 Å². The van der Waals surface area contributed by atoms with E-state index in [1.165, 1.54) is 0 Å². The predicted molar refractivity (Wildman–Crippen MR) is 70.8 cm³/mol. The number of nitrogens with one attached hydrogen (secondary N) is 1. The van der Waals surface area contributed by atoms with E-state index in [4.69, 9.17) is 4.74 Å². The van der Waals surface area contributed by atoms with Crippen LogP contribution in [0.25, 0.3) is 0 Å². The number of rotatable bonds is 7. The maximum atomic E-state index is 5.33. The summed E-state index contributed by atoms with van der Waals surface area (Å²) >= 11 is 1.60. The lowest BCUT2D eigenvalue weighted by Crippen LogP contribution is -2.09. The molecule has 0 fully saturated rings. The van der Waals surface area contributed by atoms with Crippen molar-refractivity contribution in [1.29, 1.82) is 0 Å². The average Bonchev–Trinajstić information content (AvgIpc) is 2.25. The lowest BCUT2D eigenvalue weighted by molar-refractivity contribution is 0.308. The molecule has 0 unspecified atom stereocenters. The number of anilines is 1. The Morgan fingerprint density at radius 3 is 2.59 bits per heavy atom. The predicted octanol–water partition coefficient (Wildman–Crippen LogP) is 2.59. The average molecular weight is 256 g/mol. The van der Waals surface area contributed by atoms with Gasteiger partial charge in [-0.2, -0.15) is 15.0 Å². The zero-order valence-corrected chi connectivity index (χ0v) is 11.7. The van der Waals surface area contributed by atoms with Crippen molar-refractivity contribution < 1.29 is 4.74 Å². The van der Waals surface area contributed by atoms with Crippen LogP contribution in [-0.4, -0.2) is 33.4 Å². The Balaban J connectivity index is 2.84. The van der Waals surface area contributed by atoms with E-state index < -0.39 is 0 Å². The molecule has 1 N–H and O–H groups in total. The number of aromatic nitrogens is 3. The Hall–Kier alpha value is -1.04. The first kappa shape index (κ1) is 14.0. The monoisotopic (exact) mass is 256 g/mol. The molecular formula is C11H20N4OS. The second-order valence-corrected chi connectivity index (χ2v) is 5.29. The molecule has 0 saturated carbocycles. The highest BCUT2D eigenvalue weighted by Gasteiger charge is 2.08. The summed E-state index contributed by atoms with van der Waals surface area (Å²) in [6.45, 7) is 9.63. The largest absolute Gasteiger partial charge is 0.464 e. The van der Waals surface area contributed by atoms with Crippen molar-refractivity contribution in [2.75, 3.05) is 18.5 Å². The van der Waals surface area contributed by atoms with Gasteiger partial charge in [0.25, 0.3) is 0 Å². The van der Waals surface area contributed by atoms with Gasteiger partial charge in [-0.15, -0.1) is 0 Å². The molecule has 0 aromatic carbocycles. The van der Waals surface area contributed by atoms with E-state index in [1.54, 1.807) is 11.8 Å². The zero-order chi connectivity index (χ0) is 12.7. The summed E-state index contributed by atoms with van der Waals surface area (Å²) in [5, 5.41) is 4.29. The van der Waals surface area contributed by atoms with Gasteiger partial charge in [-0.3, -0.25) is 0 Å². The molecule has 1 aromatic heterocycles. The number of hydrogen-bond donors (Lipinski definition) is 1. The summed E-state index contributed by atoms with van der Waals surface area (Å²) in [4.78, 5) is 12.8. The van der Waals surface area contributed by atoms with Gasteiger partial charge in [0.15, 0.2) is 5.16 Å². The molecule has 1 heterocycles. The highest BCUT2D eigenvalue weighted by Crippen LogP contribution is 2.21. The second kappa shape index (κ2) is 7.32. The van der Waals surface area contributed by atoms with Gasteiger partial charge in [0.2, 0.25) is 5.95 Å². The Labute approximate surface area is 107 Å². The third kappa shape index (κ3) is 5.21. The summed E-state index contributed by atoms with van der Waals surface area (Å²) in [6.07, 6.45) is 1.03. The molecule has 1 aromatic rings. The van der Waals surface area contributed by atoms with E-state index in [0.29, 0.717) is 29.0 Å². The Kier molecular flexibility index (Phi) is 6.04. The van der Waals surface area contributed by atoms with Gasteiger partial charge in [0, 0.05) is 11.8 Å². The molecule has 0 spiro atoms. The standard InChI is InChI=1S/C11H20N4OS/c1-5-7-12-9-13-10(16-6-2)15-11(14-9)17-8(3)4/h8H,5-7H2,1-4H3,(H,12,13,14,15). The molecule has 0 atom stereocenters. The minimum Gasteiger partial charge on any atom is -0.464 e. The van der Waals surface area contributed by atoms with Crippen LogP contribution < -0.4 is 10.1 Å². The normalized spacial score (nSPS) is 10.6. The van der Waals surface area contributed by atoms with Crippen LogP contribution in [0.15, 0.2) is 5.16 Å². The fourth-order valence-electron chi connectivity index (χ4n) is 1.11. The Morgan fingerprint density at radius 1 is 1.24 bits per heavy atom. The minimum absolute atomic E-state index is 0.393. The van der Waals surface area contributed by atoms with Crippen LogP contribution in [0.5, 0.6) is 6.01 Å². The van der Waals surface area contributed by atoms with Crippen LogP contribution in [-0.2, 0) is 0 Å². The van der Waals surface area contributed by atoms with E-state index >= 15 is 0 Å². The number of hydrogen-bond acceptors (Lipinski definition) is 6. The summed E-state index contributed by atoms with van der Waals surface area (Å²) in [5.74, 6) is 0.591. The van der Waals surface area contributed by atoms with E-state index in [9.17, 15) is 0 Å². The van der Waals surface area contributed by atoms with Gasteiger partial charge in [-0.05, 0) is 13.3 Å². The topological polar surface area (TPSA) is 59.9 Å². The van der Waals surface area contributed by atoms with Crippen molar-refractivity contribution in [3.63, 3.8) is 0 Å². The van der Waals surface area contributed by atoms with Gasteiger partial charge in [0.05, 0.1) is 6.61 Å². The fraction of sp³-hybridized carbons (Fsp3) is 0.727.